The zero-order chi connectivity index (χ0) is 25.4. The minimum absolute atomic E-state index is 0.0590. The van der Waals surface area contributed by atoms with E-state index in [0.29, 0.717) is 56.7 Å². The number of alkyl halides is 3. The van der Waals surface area contributed by atoms with E-state index in [4.69, 9.17) is 5.26 Å². The molecule has 2 amide bonds. The van der Waals surface area contributed by atoms with E-state index in [9.17, 15) is 23.1 Å². The van der Waals surface area contributed by atoms with Gasteiger partial charge in [0.1, 0.15) is 5.60 Å². The number of nitriles is 1. The van der Waals surface area contributed by atoms with Crippen molar-refractivity contribution < 1.29 is 23.1 Å². The van der Waals surface area contributed by atoms with Gasteiger partial charge in [-0.25, -0.2) is 4.79 Å². The molecule has 0 radical (unpaired) electrons. The lowest BCUT2D eigenvalue weighted by Gasteiger charge is -2.41. The summed E-state index contributed by atoms with van der Waals surface area (Å²) in [5.41, 5.74) is -0.123. The van der Waals surface area contributed by atoms with Gasteiger partial charge in [-0.3, -0.25) is 5.10 Å². The Balaban J connectivity index is 1.61. The van der Waals surface area contributed by atoms with Gasteiger partial charge in [0, 0.05) is 49.6 Å². The van der Waals surface area contributed by atoms with Gasteiger partial charge < -0.3 is 14.9 Å². The first-order valence-corrected chi connectivity index (χ1v) is 11.8. The number of likely N-dealkylation sites (tertiary alicyclic amines) is 2. The molecule has 0 spiro atoms. The fraction of sp³-hybridized carbons (Fsp3) is 0.560. The van der Waals surface area contributed by atoms with Crippen LogP contribution >= 0.6 is 0 Å². The Morgan fingerprint density at radius 2 is 1.83 bits per heavy atom. The first-order chi connectivity index (χ1) is 16.5. The van der Waals surface area contributed by atoms with Crippen LogP contribution in [0.1, 0.15) is 67.5 Å². The van der Waals surface area contributed by atoms with Gasteiger partial charge in [0.25, 0.3) is 0 Å². The van der Waals surface area contributed by atoms with Crippen molar-refractivity contribution >= 4 is 6.03 Å². The number of hydrogen-bond acceptors (Lipinski definition) is 4. The smallest absolute Gasteiger partial charge is 0.384 e. The van der Waals surface area contributed by atoms with E-state index < -0.39 is 17.3 Å². The molecule has 3 heterocycles. The second-order valence-corrected chi connectivity index (χ2v) is 10.1. The molecule has 2 aliphatic heterocycles. The molecule has 2 saturated heterocycles. The molecular formula is C25H30F3N5O2. The Hall–Kier alpha value is -3.06. The predicted octanol–water partition coefficient (Wildman–Crippen LogP) is 4.58. The van der Waals surface area contributed by atoms with E-state index in [1.54, 1.807) is 35.8 Å². The van der Waals surface area contributed by atoms with Crippen LogP contribution < -0.4 is 0 Å². The van der Waals surface area contributed by atoms with Crippen LogP contribution in [0, 0.1) is 17.2 Å². The number of urea groups is 1. The molecule has 7 nitrogen and oxygen atoms in total. The molecule has 2 unspecified atom stereocenters. The third-order valence-corrected chi connectivity index (χ3v) is 7.02. The summed E-state index contributed by atoms with van der Waals surface area (Å²) in [6, 6.07) is 9.17. The Labute approximate surface area is 202 Å². The fourth-order valence-electron chi connectivity index (χ4n) is 4.95. The predicted molar refractivity (Wildman–Crippen MR) is 122 cm³/mol. The number of nitrogens with one attached hydrogen (secondary N) is 1. The maximum Gasteiger partial charge on any atom is 0.416 e. The number of halogens is 3. The van der Waals surface area contributed by atoms with Crippen molar-refractivity contribution in [1.29, 1.82) is 5.26 Å². The van der Waals surface area contributed by atoms with Gasteiger partial charge in [-0.1, -0.05) is 18.2 Å². The van der Waals surface area contributed by atoms with Gasteiger partial charge in [0.2, 0.25) is 0 Å². The van der Waals surface area contributed by atoms with Crippen molar-refractivity contribution in [1.82, 2.24) is 20.0 Å². The van der Waals surface area contributed by atoms with E-state index in [1.807, 2.05) is 0 Å². The van der Waals surface area contributed by atoms with Gasteiger partial charge in [-0.05, 0) is 50.8 Å². The topological polar surface area (TPSA) is 96.2 Å². The molecule has 0 bridgehead atoms. The average molecular weight is 490 g/mol. The number of carbonyl (C=O) groups excluding carboxylic acids is 1. The molecular weight excluding hydrogens is 459 g/mol. The number of aromatic nitrogens is 2. The number of benzene rings is 1. The van der Waals surface area contributed by atoms with Crippen LogP contribution in [0.2, 0.25) is 0 Å². The summed E-state index contributed by atoms with van der Waals surface area (Å²) in [5.74, 6) is -0.547. The number of nitrogens with zero attached hydrogens (tertiary/aromatic N) is 4. The third-order valence-electron chi connectivity index (χ3n) is 7.02. The molecule has 2 aromatic rings. The highest BCUT2D eigenvalue weighted by atomic mass is 19.4. The highest BCUT2D eigenvalue weighted by molar-refractivity contribution is 5.75. The Morgan fingerprint density at radius 3 is 2.43 bits per heavy atom. The van der Waals surface area contributed by atoms with Gasteiger partial charge in [0.05, 0.1) is 17.3 Å². The van der Waals surface area contributed by atoms with E-state index in [1.165, 1.54) is 12.1 Å². The van der Waals surface area contributed by atoms with E-state index in [0.717, 1.165) is 11.8 Å². The van der Waals surface area contributed by atoms with Gasteiger partial charge >= 0.3 is 12.2 Å². The number of H-pyrrole nitrogens is 1. The van der Waals surface area contributed by atoms with Crippen LogP contribution in [0.15, 0.2) is 30.3 Å². The molecule has 0 saturated carbocycles. The first kappa shape index (κ1) is 25.0. The minimum Gasteiger partial charge on any atom is -0.384 e. The lowest BCUT2D eigenvalue weighted by atomic mass is 9.82. The minimum atomic E-state index is -4.45. The standard InChI is InChI=1S/C25H30F3N5O2/c1-24(2,35)22-12-21(30-31-22)19-10-18(17-4-3-5-20(11-17)25(26,27)28)14-33(15-19)23(34)32-8-6-16(13-29)7-9-32/h3-5,11-12,16,18-19,35H,6-10,14-15H2,1-2H3,(H,30,31). The van der Waals surface area contributed by atoms with Crippen LogP contribution in [0.3, 0.4) is 0 Å². The number of carbonyl (C=O) groups is 1. The Morgan fingerprint density at radius 1 is 1.14 bits per heavy atom. The van der Waals surface area contributed by atoms with Gasteiger partial charge in [-0.15, -0.1) is 0 Å². The lowest BCUT2D eigenvalue weighted by Crippen LogP contribution is -2.51. The number of piperidine rings is 2. The number of hydrogen-bond donors (Lipinski definition) is 2. The van der Waals surface area contributed by atoms with Crippen molar-refractivity contribution in [2.24, 2.45) is 5.92 Å². The molecule has 2 aliphatic rings. The van der Waals surface area contributed by atoms with Crippen molar-refractivity contribution in [3.8, 4) is 6.07 Å². The lowest BCUT2D eigenvalue weighted by molar-refractivity contribution is -0.137. The molecule has 2 N–H and O–H groups in total. The SMILES string of the molecule is CC(C)(O)c1cc(C2CC(c3cccc(C(F)(F)F)c3)CN(C(=O)N3CCC(C#N)CC3)C2)[nH]n1. The second kappa shape index (κ2) is 9.53. The summed E-state index contributed by atoms with van der Waals surface area (Å²) in [4.78, 5) is 16.9. The summed E-state index contributed by atoms with van der Waals surface area (Å²) < 4.78 is 40.1. The van der Waals surface area contributed by atoms with E-state index >= 15 is 0 Å². The first-order valence-electron chi connectivity index (χ1n) is 11.8. The molecule has 10 heteroatoms. The normalized spacial score (nSPS) is 22.2. The molecule has 2 atom stereocenters. The molecule has 188 valence electrons. The second-order valence-electron chi connectivity index (χ2n) is 10.1. The molecule has 0 aliphatic carbocycles. The van der Waals surface area contributed by atoms with E-state index in [-0.39, 0.29) is 23.8 Å². The molecule has 1 aromatic heterocycles. The van der Waals surface area contributed by atoms with Crippen molar-refractivity contribution in [2.45, 2.75) is 56.7 Å². The molecule has 2 fully saturated rings. The maximum absolute atomic E-state index is 13.4. The summed E-state index contributed by atoms with van der Waals surface area (Å²) in [5, 5.41) is 26.6. The molecule has 35 heavy (non-hydrogen) atoms. The maximum atomic E-state index is 13.4. The monoisotopic (exact) mass is 489 g/mol. The van der Waals surface area contributed by atoms with E-state index in [2.05, 4.69) is 16.3 Å². The number of aromatic amines is 1. The third kappa shape index (κ3) is 5.61. The largest absolute Gasteiger partial charge is 0.416 e. The highest BCUT2D eigenvalue weighted by Gasteiger charge is 2.37. The zero-order valence-corrected chi connectivity index (χ0v) is 19.8. The molecule has 1 aromatic carbocycles. The van der Waals surface area contributed by atoms with Crippen LogP contribution in [0.25, 0.3) is 0 Å². The summed E-state index contributed by atoms with van der Waals surface area (Å²) in [7, 11) is 0. The average Bonchev–Trinajstić information content (AvgIpc) is 3.34. The summed E-state index contributed by atoms with van der Waals surface area (Å²) in [6.07, 6.45) is -2.68. The Bertz CT molecular complexity index is 1090. The molecule has 4 rings (SSSR count). The van der Waals surface area contributed by atoms with Crippen LogP contribution in [-0.2, 0) is 11.8 Å². The summed E-state index contributed by atoms with van der Waals surface area (Å²) >= 11 is 0. The fourth-order valence-corrected chi connectivity index (χ4v) is 4.95. The quantitative estimate of drug-likeness (QED) is 0.660. The number of rotatable bonds is 3. The summed E-state index contributed by atoms with van der Waals surface area (Å²) in [6.45, 7) is 4.92. The number of amides is 2. The van der Waals surface area contributed by atoms with Crippen molar-refractivity contribution in [3.63, 3.8) is 0 Å². The van der Waals surface area contributed by atoms with Crippen LogP contribution in [-0.4, -0.2) is 57.3 Å². The Kier molecular flexibility index (Phi) is 6.82. The van der Waals surface area contributed by atoms with Crippen molar-refractivity contribution in [2.75, 3.05) is 26.2 Å². The van der Waals surface area contributed by atoms with Gasteiger partial charge in [-0.2, -0.15) is 23.5 Å². The number of aliphatic hydroxyl groups is 1. The zero-order valence-electron chi connectivity index (χ0n) is 19.8. The van der Waals surface area contributed by atoms with Gasteiger partial charge in [0.15, 0.2) is 0 Å². The highest BCUT2D eigenvalue weighted by Crippen LogP contribution is 2.39. The van der Waals surface area contributed by atoms with Crippen LogP contribution in [0.4, 0.5) is 18.0 Å². The van der Waals surface area contributed by atoms with Crippen LogP contribution in [0.5, 0.6) is 0 Å². The van der Waals surface area contributed by atoms with Crippen molar-refractivity contribution in [3.05, 3.63) is 52.8 Å².